The molecule has 7 nitrogen and oxygen atoms in total. The van der Waals surface area contributed by atoms with Gasteiger partial charge in [-0.05, 0) is 12.8 Å². The SMILES string of the molecule is CN(c1nc(N)ncc1[N+](=O)[O-])C1CCCC1. The van der Waals surface area contributed by atoms with Gasteiger partial charge in [0, 0.05) is 13.1 Å². The van der Waals surface area contributed by atoms with Gasteiger partial charge in [-0.15, -0.1) is 0 Å². The number of aromatic nitrogens is 2. The molecule has 0 bridgehead atoms. The van der Waals surface area contributed by atoms with Gasteiger partial charge in [0.1, 0.15) is 6.20 Å². The van der Waals surface area contributed by atoms with E-state index in [1.807, 2.05) is 11.9 Å². The van der Waals surface area contributed by atoms with Crippen LogP contribution < -0.4 is 10.6 Å². The van der Waals surface area contributed by atoms with Crippen LogP contribution >= 0.6 is 0 Å². The predicted molar refractivity (Wildman–Crippen MR) is 63.8 cm³/mol. The van der Waals surface area contributed by atoms with E-state index in [4.69, 9.17) is 5.73 Å². The molecule has 1 fully saturated rings. The van der Waals surface area contributed by atoms with E-state index in [0.29, 0.717) is 11.9 Å². The van der Waals surface area contributed by atoms with Crippen LogP contribution in [0.4, 0.5) is 17.5 Å². The van der Waals surface area contributed by atoms with E-state index in [-0.39, 0.29) is 11.6 Å². The molecule has 7 heteroatoms. The Morgan fingerprint density at radius 3 is 2.76 bits per heavy atom. The summed E-state index contributed by atoms with van der Waals surface area (Å²) in [4.78, 5) is 19.9. The summed E-state index contributed by atoms with van der Waals surface area (Å²) in [7, 11) is 1.82. The Morgan fingerprint density at radius 2 is 2.18 bits per heavy atom. The fraction of sp³-hybridized carbons (Fsp3) is 0.600. The third-order valence-electron chi connectivity index (χ3n) is 3.17. The van der Waals surface area contributed by atoms with Crippen LogP contribution in [0, 0.1) is 10.1 Å². The van der Waals surface area contributed by atoms with Crippen molar-refractivity contribution in [1.82, 2.24) is 9.97 Å². The molecule has 0 aliphatic heterocycles. The fourth-order valence-corrected chi connectivity index (χ4v) is 2.23. The number of hydrogen-bond donors (Lipinski definition) is 1. The van der Waals surface area contributed by atoms with Crippen LogP contribution in [-0.4, -0.2) is 28.0 Å². The minimum atomic E-state index is -0.472. The first-order valence-electron chi connectivity index (χ1n) is 5.59. The van der Waals surface area contributed by atoms with Gasteiger partial charge >= 0.3 is 5.69 Å². The lowest BCUT2D eigenvalue weighted by Crippen LogP contribution is -2.30. The number of nitrogens with zero attached hydrogens (tertiary/aromatic N) is 4. The number of nitro groups is 1. The van der Waals surface area contributed by atoms with Gasteiger partial charge < -0.3 is 10.6 Å². The second-order valence-electron chi connectivity index (χ2n) is 4.24. The Morgan fingerprint density at radius 1 is 1.53 bits per heavy atom. The number of rotatable bonds is 3. The normalized spacial score (nSPS) is 16.1. The fourth-order valence-electron chi connectivity index (χ4n) is 2.23. The molecule has 0 unspecified atom stereocenters. The van der Waals surface area contributed by atoms with Crippen LogP contribution in [0.15, 0.2) is 6.20 Å². The summed E-state index contributed by atoms with van der Waals surface area (Å²) < 4.78 is 0. The molecule has 0 amide bonds. The number of nitrogens with two attached hydrogens (primary N) is 1. The summed E-state index contributed by atoms with van der Waals surface area (Å²) in [6, 6.07) is 0.308. The Bertz CT molecular complexity index is 431. The van der Waals surface area contributed by atoms with Gasteiger partial charge in [-0.25, -0.2) is 4.98 Å². The van der Waals surface area contributed by atoms with Crippen LogP contribution in [0.25, 0.3) is 0 Å². The Hall–Kier alpha value is -1.92. The van der Waals surface area contributed by atoms with Crippen LogP contribution in [0.3, 0.4) is 0 Å². The third kappa shape index (κ3) is 2.27. The molecule has 2 N–H and O–H groups in total. The maximum absolute atomic E-state index is 10.9. The van der Waals surface area contributed by atoms with Crippen molar-refractivity contribution in [3.8, 4) is 0 Å². The minimum absolute atomic E-state index is 0.0652. The molecule has 1 aliphatic carbocycles. The average molecular weight is 237 g/mol. The molecule has 1 heterocycles. The predicted octanol–water partition coefficient (Wildman–Crippen LogP) is 1.35. The van der Waals surface area contributed by atoms with Gasteiger partial charge in [0.2, 0.25) is 11.8 Å². The standard InChI is InChI=1S/C10H15N5O2/c1-14(7-4-2-3-5-7)9-8(15(16)17)6-12-10(11)13-9/h6-7H,2-5H2,1H3,(H2,11,12,13). The van der Waals surface area contributed by atoms with Crippen LogP contribution in [-0.2, 0) is 0 Å². The van der Waals surface area contributed by atoms with Crippen molar-refractivity contribution in [3.63, 3.8) is 0 Å². The first kappa shape index (κ1) is 11.6. The molecule has 1 aromatic rings. The summed E-state index contributed by atoms with van der Waals surface area (Å²) in [5, 5.41) is 10.9. The highest BCUT2D eigenvalue weighted by Gasteiger charge is 2.27. The molecule has 0 atom stereocenters. The molecule has 1 saturated carbocycles. The van der Waals surface area contributed by atoms with Crippen molar-refractivity contribution >= 4 is 17.5 Å². The number of anilines is 2. The summed E-state index contributed by atoms with van der Waals surface area (Å²) in [5.41, 5.74) is 5.40. The summed E-state index contributed by atoms with van der Waals surface area (Å²) in [5.74, 6) is 0.379. The van der Waals surface area contributed by atoms with Crippen molar-refractivity contribution < 1.29 is 4.92 Å². The molecule has 1 aromatic heterocycles. The van der Waals surface area contributed by atoms with Gasteiger partial charge in [0.05, 0.1) is 4.92 Å². The van der Waals surface area contributed by atoms with E-state index in [0.717, 1.165) is 25.7 Å². The zero-order valence-electron chi connectivity index (χ0n) is 9.67. The van der Waals surface area contributed by atoms with E-state index < -0.39 is 4.92 Å². The smallest absolute Gasteiger partial charge is 0.329 e. The van der Waals surface area contributed by atoms with Crippen LogP contribution in [0.1, 0.15) is 25.7 Å². The van der Waals surface area contributed by atoms with Gasteiger partial charge in [-0.1, -0.05) is 12.8 Å². The zero-order chi connectivity index (χ0) is 12.4. The second-order valence-corrected chi connectivity index (χ2v) is 4.24. The van der Waals surface area contributed by atoms with E-state index in [1.54, 1.807) is 0 Å². The molecule has 0 aromatic carbocycles. The van der Waals surface area contributed by atoms with E-state index in [1.165, 1.54) is 6.20 Å². The topological polar surface area (TPSA) is 98.2 Å². The summed E-state index contributed by atoms with van der Waals surface area (Å²) in [6.45, 7) is 0. The van der Waals surface area contributed by atoms with Crippen LogP contribution in [0.2, 0.25) is 0 Å². The number of hydrogen-bond acceptors (Lipinski definition) is 6. The Kier molecular flexibility index (Phi) is 3.08. The maximum atomic E-state index is 10.9. The lowest BCUT2D eigenvalue weighted by atomic mass is 10.2. The van der Waals surface area contributed by atoms with E-state index in [9.17, 15) is 10.1 Å². The number of nitrogen functional groups attached to an aromatic ring is 1. The van der Waals surface area contributed by atoms with Crippen molar-refractivity contribution in [2.24, 2.45) is 0 Å². The quantitative estimate of drug-likeness (QED) is 0.629. The highest BCUT2D eigenvalue weighted by molar-refractivity contribution is 5.58. The van der Waals surface area contributed by atoms with Gasteiger partial charge in [-0.2, -0.15) is 4.98 Å². The maximum Gasteiger partial charge on any atom is 0.329 e. The van der Waals surface area contributed by atoms with Crippen molar-refractivity contribution in [1.29, 1.82) is 0 Å². The zero-order valence-corrected chi connectivity index (χ0v) is 9.67. The molecular weight excluding hydrogens is 222 g/mol. The van der Waals surface area contributed by atoms with Gasteiger partial charge in [0.15, 0.2) is 0 Å². The van der Waals surface area contributed by atoms with E-state index in [2.05, 4.69) is 9.97 Å². The first-order valence-corrected chi connectivity index (χ1v) is 5.59. The molecular formula is C10H15N5O2. The highest BCUT2D eigenvalue weighted by Crippen LogP contribution is 2.31. The van der Waals surface area contributed by atoms with Crippen molar-refractivity contribution in [2.75, 3.05) is 17.7 Å². The second kappa shape index (κ2) is 4.52. The Labute approximate surface area is 98.8 Å². The van der Waals surface area contributed by atoms with Gasteiger partial charge in [0.25, 0.3) is 0 Å². The lowest BCUT2D eigenvalue weighted by molar-refractivity contribution is -0.384. The largest absolute Gasteiger partial charge is 0.368 e. The summed E-state index contributed by atoms with van der Waals surface area (Å²) >= 11 is 0. The lowest BCUT2D eigenvalue weighted by Gasteiger charge is -2.24. The molecule has 0 spiro atoms. The highest BCUT2D eigenvalue weighted by atomic mass is 16.6. The third-order valence-corrected chi connectivity index (χ3v) is 3.17. The first-order chi connectivity index (χ1) is 8.09. The average Bonchev–Trinajstić information content (AvgIpc) is 2.80. The van der Waals surface area contributed by atoms with Gasteiger partial charge in [-0.3, -0.25) is 10.1 Å². The Balaban J connectivity index is 2.34. The molecule has 2 rings (SSSR count). The van der Waals surface area contributed by atoms with E-state index >= 15 is 0 Å². The molecule has 17 heavy (non-hydrogen) atoms. The van der Waals surface area contributed by atoms with Crippen molar-refractivity contribution in [3.05, 3.63) is 16.3 Å². The van der Waals surface area contributed by atoms with Crippen LogP contribution in [0.5, 0.6) is 0 Å². The molecule has 92 valence electrons. The summed E-state index contributed by atoms with van der Waals surface area (Å²) in [6.07, 6.45) is 5.56. The monoisotopic (exact) mass is 237 g/mol. The molecule has 0 radical (unpaired) electrons. The minimum Gasteiger partial charge on any atom is -0.368 e. The van der Waals surface area contributed by atoms with Crippen molar-refractivity contribution in [2.45, 2.75) is 31.7 Å². The molecule has 0 saturated heterocycles. The molecule has 1 aliphatic rings.